The molecule has 0 unspecified atom stereocenters. The van der Waals surface area contributed by atoms with Gasteiger partial charge in [-0.2, -0.15) is 0 Å². The first-order valence-corrected chi connectivity index (χ1v) is 7.98. The Bertz CT molecular complexity index is 897. The fourth-order valence-electron chi connectivity index (χ4n) is 3.41. The van der Waals surface area contributed by atoms with Crippen molar-refractivity contribution in [2.45, 2.75) is 19.6 Å². The molecular formula is C19H18N2O3. The van der Waals surface area contributed by atoms with Gasteiger partial charge in [0.25, 0.3) is 5.91 Å². The van der Waals surface area contributed by atoms with Gasteiger partial charge in [0.05, 0.1) is 13.2 Å². The number of hydrogen-bond acceptors (Lipinski definition) is 3. The molecule has 1 aliphatic heterocycles. The van der Waals surface area contributed by atoms with Gasteiger partial charge in [-0.1, -0.05) is 30.3 Å². The number of rotatable bonds is 3. The van der Waals surface area contributed by atoms with Crippen LogP contribution in [-0.4, -0.2) is 22.3 Å². The highest BCUT2D eigenvalue weighted by Gasteiger charge is 2.20. The van der Waals surface area contributed by atoms with Gasteiger partial charge in [-0.3, -0.25) is 10.0 Å². The van der Waals surface area contributed by atoms with Crippen LogP contribution in [0.5, 0.6) is 0 Å². The molecule has 0 saturated carbocycles. The summed E-state index contributed by atoms with van der Waals surface area (Å²) in [6.07, 6.45) is 0.912. The Morgan fingerprint density at radius 1 is 1.17 bits per heavy atom. The second-order valence-corrected chi connectivity index (χ2v) is 5.97. The Labute approximate surface area is 139 Å². The Morgan fingerprint density at radius 2 is 1.96 bits per heavy atom. The molecule has 5 nitrogen and oxygen atoms in total. The van der Waals surface area contributed by atoms with Crippen molar-refractivity contribution in [2.75, 3.05) is 6.61 Å². The van der Waals surface area contributed by atoms with Crippen molar-refractivity contribution >= 4 is 16.8 Å². The molecule has 1 aliphatic rings. The van der Waals surface area contributed by atoms with Crippen LogP contribution >= 0.6 is 0 Å². The topological polar surface area (TPSA) is 63.5 Å². The zero-order valence-corrected chi connectivity index (χ0v) is 13.2. The lowest BCUT2D eigenvalue weighted by molar-refractivity contribution is 0.0706. The Balaban J connectivity index is 1.73. The molecule has 0 spiro atoms. The number of fused-ring (bicyclic) bond motifs is 3. The third kappa shape index (κ3) is 2.48. The van der Waals surface area contributed by atoms with E-state index in [1.807, 2.05) is 12.1 Å². The lowest BCUT2D eigenvalue weighted by Gasteiger charge is -2.17. The summed E-state index contributed by atoms with van der Waals surface area (Å²) in [6, 6.07) is 15.7. The van der Waals surface area contributed by atoms with E-state index in [0.29, 0.717) is 12.2 Å². The van der Waals surface area contributed by atoms with Crippen molar-refractivity contribution in [1.82, 2.24) is 10.0 Å². The number of benzene rings is 2. The molecule has 2 aromatic carbocycles. The van der Waals surface area contributed by atoms with E-state index in [2.05, 4.69) is 28.8 Å². The van der Waals surface area contributed by atoms with E-state index in [-0.39, 0.29) is 0 Å². The van der Waals surface area contributed by atoms with Crippen LogP contribution in [-0.2, 0) is 24.3 Å². The van der Waals surface area contributed by atoms with Gasteiger partial charge in [0.2, 0.25) is 0 Å². The van der Waals surface area contributed by atoms with E-state index < -0.39 is 5.91 Å². The number of carbonyl (C=O) groups is 1. The summed E-state index contributed by atoms with van der Waals surface area (Å²) in [7, 11) is 0. The first-order chi connectivity index (χ1) is 11.8. The summed E-state index contributed by atoms with van der Waals surface area (Å²) >= 11 is 0. The minimum Gasteiger partial charge on any atom is -0.376 e. The summed E-state index contributed by atoms with van der Waals surface area (Å²) in [6.45, 7) is 2.16. The number of nitrogens with one attached hydrogen (secondary N) is 1. The number of hydroxylamine groups is 1. The first kappa shape index (κ1) is 14.9. The number of ether oxygens (including phenoxy) is 1. The molecule has 5 heteroatoms. The summed E-state index contributed by atoms with van der Waals surface area (Å²) in [5.41, 5.74) is 7.03. The fraction of sp³-hybridized carbons (Fsp3) is 0.211. The SMILES string of the molecule is O=C(NO)c1ccc(Cn2c3c(c4ccccc42)COCC3)cc1. The van der Waals surface area contributed by atoms with Crippen LogP contribution in [0.15, 0.2) is 48.5 Å². The van der Waals surface area contributed by atoms with Crippen molar-refractivity contribution in [3.05, 3.63) is 70.9 Å². The minimum atomic E-state index is -0.498. The van der Waals surface area contributed by atoms with Gasteiger partial charge in [0, 0.05) is 40.7 Å². The average molecular weight is 322 g/mol. The molecule has 1 aromatic heterocycles. The normalized spacial score (nSPS) is 13.7. The molecule has 0 bridgehead atoms. The molecule has 24 heavy (non-hydrogen) atoms. The number of amides is 1. The summed E-state index contributed by atoms with van der Waals surface area (Å²) in [5, 5.41) is 9.95. The molecule has 122 valence electrons. The van der Waals surface area contributed by atoms with Crippen LogP contribution in [0.25, 0.3) is 10.9 Å². The number of para-hydroxylation sites is 1. The molecule has 0 aliphatic carbocycles. The molecular weight excluding hydrogens is 304 g/mol. The highest BCUT2D eigenvalue weighted by molar-refractivity contribution is 5.93. The molecule has 2 N–H and O–H groups in total. The highest BCUT2D eigenvalue weighted by atomic mass is 16.5. The quantitative estimate of drug-likeness (QED) is 0.576. The highest BCUT2D eigenvalue weighted by Crippen LogP contribution is 2.30. The van der Waals surface area contributed by atoms with Crippen molar-refractivity contribution in [1.29, 1.82) is 0 Å². The minimum absolute atomic E-state index is 0.439. The zero-order chi connectivity index (χ0) is 16.5. The third-order valence-corrected chi connectivity index (χ3v) is 4.58. The zero-order valence-electron chi connectivity index (χ0n) is 13.2. The van der Waals surface area contributed by atoms with Crippen LogP contribution in [0.2, 0.25) is 0 Å². The maximum Gasteiger partial charge on any atom is 0.274 e. The number of carbonyl (C=O) groups excluding carboxylic acids is 1. The van der Waals surface area contributed by atoms with E-state index in [1.54, 1.807) is 17.6 Å². The lowest BCUT2D eigenvalue weighted by atomic mass is 10.1. The second kappa shape index (κ2) is 6.11. The average Bonchev–Trinajstić information content (AvgIpc) is 2.96. The molecule has 2 heterocycles. The van der Waals surface area contributed by atoms with Crippen LogP contribution in [0, 0.1) is 0 Å². The van der Waals surface area contributed by atoms with Gasteiger partial charge in [0.15, 0.2) is 0 Å². The monoisotopic (exact) mass is 322 g/mol. The Morgan fingerprint density at radius 3 is 2.75 bits per heavy atom. The predicted molar refractivity (Wildman–Crippen MR) is 90.1 cm³/mol. The number of nitrogens with zero attached hydrogens (tertiary/aromatic N) is 1. The fourth-order valence-corrected chi connectivity index (χ4v) is 3.41. The van der Waals surface area contributed by atoms with Crippen LogP contribution in [0.4, 0.5) is 0 Å². The van der Waals surface area contributed by atoms with E-state index in [1.165, 1.54) is 22.2 Å². The van der Waals surface area contributed by atoms with Crippen molar-refractivity contribution in [3.63, 3.8) is 0 Å². The van der Waals surface area contributed by atoms with Crippen LogP contribution in [0.3, 0.4) is 0 Å². The number of hydrogen-bond donors (Lipinski definition) is 2. The van der Waals surface area contributed by atoms with Gasteiger partial charge in [0.1, 0.15) is 0 Å². The van der Waals surface area contributed by atoms with E-state index in [4.69, 9.17) is 9.94 Å². The molecule has 4 rings (SSSR count). The van der Waals surface area contributed by atoms with Gasteiger partial charge < -0.3 is 9.30 Å². The molecule has 0 saturated heterocycles. The van der Waals surface area contributed by atoms with Crippen molar-refractivity contribution in [3.8, 4) is 0 Å². The summed E-state index contributed by atoms with van der Waals surface area (Å²) in [4.78, 5) is 11.4. The Hall–Kier alpha value is -2.63. The first-order valence-electron chi connectivity index (χ1n) is 7.98. The van der Waals surface area contributed by atoms with E-state index in [9.17, 15) is 4.79 Å². The number of aromatic nitrogens is 1. The molecule has 0 radical (unpaired) electrons. The summed E-state index contributed by atoms with van der Waals surface area (Å²) < 4.78 is 7.98. The standard InChI is InChI=1S/C19H18N2O3/c22-19(20-23)14-7-5-13(6-8-14)11-21-17-4-2-1-3-15(17)16-12-24-10-9-18(16)21/h1-8,23H,9-12H2,(H,20,22). The van der Waals surface area contributed by atoms with E-state index >= 15 is 0 Å². The lowest BCUT2D eigenvalue weighted by Crippen LogP contribution is -2.18. The molecule has 1 amide bonds. The third-order valence-electron chi connectivity index (χ3n) is 4.58. The maximum atomic E-state index is 11.4. The van der Waals surface area contributed by atoms with Crippen molar-refractivity contribution in [2.24, 2.45) is 0 Å². The largest absolute Gasteiger partial charge is 0.376 e. The second-order valence-electron chi connectivity index (χ2n) is 5.97. The van der Waals surface area contributed by atoms with Gasteiger partial charge in [-0.05, 0) is 23.8 Å². The smallest absolute Gasteiger partial charge is 0.274 e. The maximum absolute atomic E-state index is 11.4. The van der Waals surface area contributed by atoms with Crippen LogP contribution in [0.1, 0.15) is 27.2 Å². The molecule has 3 aromatic rings. The van der Waals surface area contributed by atoms with Crippen molar-refractivity contribution < 1.29 is 14.7 Å². The van der Waals surface area contributed by atoms with Crippen LogP contribution < -0.4 is 5.48 Å². The van der Waals surface area contributed by atoms with Gasteiger partial charge in [-0.25, -0.2) is 5.48 Å². The van der Waals surface area contributed by atoms with E-state index in [0.717, 1.165) is 25.1 Å². The van der Waals surface area contributed by atoms with Gasteiger partial charge in [-0.15, -0.1) is 0 Å². The molecule has 0 fully saturated rings. The Kier molecular flexibility index (Phi) is 3.80. The summed E-state index contributed by atoms with van der Waals surface area (Å²) in [5.74, 6) is -0.498. The predicted octanol–water partition coefficient (Wildman–Crippen LogP) is 2.88. The molecule has 0 atom stereocenters. The van der Waals surface area contributed by atoms with Gasteiger partial charge >= 0.3 is 0 Å².